The molecule has 288 valence electrons. The SMILES string of the molecule is CC(C)(C)[Si](C)(C)OCC(CC(C#CCC(O)CC(C#C[Si](C)(C)C)O[Si](C)(C)C(C)(C)C)O[Si](C)(C)C(C)(C)C)O[Si](C)(C)C(C)(C)C. The number of rotatable bonds is 14. The molecule has 0 aromatic carbocycles. The van der Waals surface area contributed by atoms with Crippen molar-refractivity contribution < 1.29 is 22.8 Å². The van der Waals surface area contributed by atoms with Crippen LogP contribution in [0.1, 0.15) is 102 Å². The normalized spacial score (nSPS) is 17.0. The van der Waals surface area contributed by atoms with Crippen molar-refractivity contribution in [3.63, 3.8) is 0 Å². The van der Waals surface area contributed by atoms with Crippen LogP contribution in [0.5, 0.6) is 0 Å². The molecule has 10 heteroatoms. The van der Waals surface area contributed by atoms with Gasteiger partial charge < -0.3 is 22.8 Å². The minimum absolute atomic E-state index is 0.0310. The van der Waals surface area contributed by atoms with Crippen LogP contribution in [0.3, 0.4) is 0 Å². The first kappa shape index (κ1) is 49.0. The molecular formula is C39H82O5Si5. The van der Waals surface area contributed by atoms with Gasteiger partial charge in [0.2, 0.25) is 0 Å². The van der Waals surface area contributed by atoms with Crippen molar-refractivity contribution in [2.75, 3.05) is 6.61 Å². The molecule has 0 heterocycles. The molecule has 0 aliphatic carbocycles. The van der Waals surface area contributed by atoms with Crippen LogP contribution in [-0.2, 0) is 17.7 Å². The predicted molar refractivity (Wildman–Crippen MR) is 228 cm³/mol. The quantitative estimate of drug-likeness (QED) is 0.141. The maximum atomic E-state index is 11.3. The van der Waals surface area contributed by atoms with Crippen LogP contribution in [0.4, 0.5) is 0 Å². The summed E-state index contributed by atoms with van der Waals surface area (Å²) in [5.74, 6) is 10.3. The Morgan fingerprint density at radius 3 is 1.24 bits per heavy atom. The van der Waals surface area contributed by atoms with E-state index in [0.717, 1.165) is 0 Å². The molecule has 4 atom stereocenters. The summed E-state index contributed by atoms with van der Waals surface area (Å²) in [4.78, 5) is 0. The van der Waals surface area contributed by atoms with Gasteiger partial charge in [0.15, 0.2) is 33.3 Å². The number of hydrogen-bond acceptors (Lipinski definition) is 5. The average Bonchev–Trinajstić information content (AvgIpc) is 2.82. The van der Waals surface area contributed by atoms with E-state index in [1.54, 1.807) is 0 Å². The van der Waals surface area contributed by atoms with Gasteiger partial charge in [0.25, 0.3) is 0 Å². The second-order valence-electron chi connectivity index (χ2n) is 21.5. The molecule has 0 aromatic rings. The Morgan fingerprint density at radius 2 is 0.878 bits per heavy atom. The Labute approximate surface area is 311 Å². The fourth-order valence-corrected chi connectivity index (χ4v) is 9.18. The molecule has 0 aromatic heterocycles. The van der Waals surface area contributed by atoms with Crippen LogP contribution in [0.15, 0.2) is 0 Å². The highest BCUT2D eigenvalue weighted by atomic mass is 28.4. The second-order valence-corrected chi connectivity index (χ2v) is 45.3. The molecule has 5 nitrogen and oxygen atoms in total. The van der Waals surface area contributed by atoms with Crippen molar-refractivity contribution in [3.8, 4) is 23.3 Å². The lowest BCUT2D eigenvalue weighted by atomic mass is 10.1. The first-order valence-electron chi connectivity index (χ1n) is 18.7. The topological polar surface area (TPSA) is 57.2 Å². The molecule has 0 fully saturated rings. The third-order valence-corrected chi connectivity index (χ3v) is 30.3. The van der Waals surface area contributed by atoms with E-state index in [1.807, 2.05) is 0 Å². The van der Waals surface area contributed by atoms with Gasteiger partial charge in [-0.05, 0) is 72.5 Å². The van der Waals surface area contributed by atoms with Gasteiger partial charge in [-0.2, -0.15) is 0 Å². The summed E-state index contributed by atoms with van der Waals surface area (Å²) in [5.41, 5.74) is 3.50. The van der Waals surface area contributed by atoms with Crippen molar-refractivity contribution >= 4 is 41.3 Å². The molecule has 0 saturated heterocycles. The highest BCUT2D eigenvalue weighted by Gasteiger charge is 2.44. The van der Waals surface area contributed by atoms with E-state index in [2.05, 4.69) is 178 Å². The monoisotopic (exact) mass is 771 g/mol. The summed E-state index contributed by atoms with van der Waals surface area (Å²) in [6.45, 7) is 52.8. The lowest BCUT2D eigenvalue weighted by Gasteiger charge is -2.43. The Hall–Kier alpha value is 0.00442. The molecule has 0 saturated carbocycles. The Kier molecular flexibility index (Phi) is 17.4. The van der Waals surface area contributed by atoms with Crippen LogP contribution in [0.2, 0.25) is 92.2 Å². The largest absolute Gasteiger partial charge is 0.414 e. The molecule has 0 aliphatic heterocycles. The van der Waals surface area contributed by atoms with Crippen LogP contribution in [-0.4, -0.2) is 77.5 Å². The van der Waals surface area contributed by atoms with Crippen molar-refractivity contribution in [2.45, 2.75) is 219 Å². The molecule has 1 N–H and O–H groups in total. The number of hydrogen-bond donors (Lipinski definition) is 1. The lowest BCUT2D eigenvalue weighted by Crippen LogP contribution is -2.49. The van der Waals surface area contributed by atoms with E-state index in [0.29, 0.717) is 25.9 Å². The van der Waals surface area contributed by atoms with Crippen molar-refractivity contribution in [1.82, 2.24) is 0 Å². The molecule has 0 amide bonds. The Morgan fingerprint density at radius 1 is 0.510 bits per heavy atom. The van der Waals surface area contributed by atoms with Gasteiger partial charge >= 0.3 is 0 Å². The van der Waals surface area contributed by atoms with E-state index in [1.165, 1.54) is 0 Å². The van der Waals surface area contributed by atoms with Gasteiger partial charge in [0.05, 0.1) is 18.8 Å². The lowest BCUT2D eigenvalue weighted by molar-refractivity contribution is 0.0715. The molecule has 4 unspecified atom stereocenters. The second kappa shape index (κ2) is 17.4. The fourth-order valence-electron chi connectivity index (χ4n) is 3.76. The average molecular weight is 772 g/mol. The van der Waals surface area contributed by atoms with Crippen molar-refractivity contribution in [1.29, 1.82) is 0 Å². The van der Waals surface area contributed by atoms with E-state index < -0.39 is 47.4 Å². The third kappa shape index (κ3) is 17.1. The van der Waals surface area contributed by atoms with Crippen molar-refractivity contribution in [2.24, 2.45) is 0 Å². The first-order valence-corrected chi connectivity index (χ1v) is 33.8. The van der Waals surface area contributed by atoms with Gasteiger partial charge in [-0.1, -0.05) is 120 Å². The van der Waals surface area contributed by atoms with Crippen LogP contribution < -0.4 is 0 Å². The Balaban J connectivity index is 6.53. The maximum Gasteiger partial charge on any atom is 0.193 e. The minimum atomic E-state index is -2.17. The van der Waals surface area contributed by atoms with E-state index in [-0.39, 0.29) is 38.5 Å². The molecular weight excluding hydrogens is 689 g/mol. The zero-order valence-electron chi connectivity index (χ0n) is 36.7. The predicted octanol–water partition coefficient (Wildman–Crippen LogP) is 11.6. The van der Waals surface area contributed by atoms with Gasteiger partial charge in [-0.15, -0.1) is 5.54 Å². The third-order valence-electron chi connectivity index (χ3n) is 11.4. The standard InChI is InChI=1S/C39H82O5Si5/c1-36(2,3)46(16,17)41-31-35(44-49(22,23)39(10,11)12)30-33(42-47(18,19)37(4,5)6)26-24-25-32(40)29-34(27-28-45(13,14)15)43-48(20,21)38(7,8)9/h32-35,40H,25,29-31H2,1-23H3. The summed E-state index contributed by atoms with van der Waals surface area (Å²) in [6.07, 6.45) is 0.0170. The van der Waals surface area contributed by atoms with E-state index in [4.69, 9.17) is 17.7 Å². The smallest absolute Gasteiger partial charge is 0.193 e. The number of aliphatic hydroxyl groups excluding tert-OH is 1. The summed E-state index contributed by atoms with van der Waals surface area (Å²) < 4.78 is 27.6. The van der Waals surface area contributed by atoms with Crippen molar-refractivity contribution in [3.05, 3.63) is 0 Å². The fraction of sp³-hybridized carbons (Fsp3) is 0.897. The maximum absolute atomic E-state index is 11.3. The minimum Gasteiger partial charge on any atom is -0.414 e. The van der Waals surface area contributed by atoms with Gasteiger partial charge in [-0.3, -0.25) is 0 Å². The van der Waals surface area contributed by atoms with Gasteiger partial charge in [0.1, 0.15) is 20.3 Å². The Bertz CT molecular complexity index is 1150. The number of aliphatic hydroxyl groups is 1. The van der Waals surface area contributed by atoms with Crippen LogP contribution in [0.25, 0.3) is 0 Å². The summed E-state index contributed by atoms with van der Waals surface area (Å²) in [6, 6.07) is 0. The zero-order valence-corrected chi connectivity index (χ0v) is 41.7. The molecule has 0 aliphatic rings. The highest BCUT2D eigenvalue weighted by molar-refractivity contribution is 6.84. The van der Waals surface area contributed by atoms with Gasteiger partial charge in [-0.25, -0.2) is 0 Å². The first-order chi connectivity index (χ1) is 21.3. The summed E-state index contributed by atoms with van der Waals surface area (Å²) >= 11 is 0. The molecule has 0 bridgehead atoms. The highest BCUT2D eigenvalue weighted by Crippen LogP contribution is 2.41. The van der Waals surface area contributed by atoms with E-state index in [9.17, 15) is 5.11 Å². The van der Waals surface area contributed by atoms with Crippen LogP contribution >= 0.6 is 0 Å². The molecule has 0 rings (SSSR count). The summed E-state index contributed by atoms with van der Waals surface area (Å²) in [5, 5.41) is 11.6. The van der Waals surface area contributed by atoms with Gasteiger partial charge in [0, 0.05) is 19.3 Å². The molecule has 49 heavy (non-hydrogen) atoms. The van der Waals surface area contributed by atoms with Crippen LogP contribution in [0, 0.1) is 23.3 Å². The molecule has 0 radical (unpaired) electrons. The van der Waals surface area contributed by atoms with E-state index >= 15 is 0 Å². The molecule has 0 spiro atoms. The zero-order chi connectivity index (χ0) is 39.3. The summed E-state index contributed by atoms with van der Waals surface area (Å²) in [7, 11) is -9.97.